The minimum atomic E-state index is -4.86. The summed E-state index contributed by atoms with van der Waals surface area (Å²) >= 11 is 0. The van der Waals surface area contributed by atoms with E-state index in [1.165, 1.54) is 17.0 Å². The molecule has 1 aliphatic carbocycles. The van der Waals surface area contributed by atoms with Crippen LogP contribution in [0.4, 0.5) is 34.4 Å². The smallest absolute Gasteiger partial charge is 0.450 e. The number of alkyl halides is 3. The number of aromatic nitrogens is 2. The number of hydrogen-bond acceptors (Lipinski definition) is 6. The summed E-state index contributed by atoms with van der Waals surface area (Å²) < 4.78 is 55.0. The number of carbonyl (C=O) groups is 2. The average Bonchev–Trinajstić information content (AvgIpc) is 3.19. The minimum absolute atomic E-state index is 0.0236. The largest absolute Gasteiger partial charge is 0.573 e. The Morgan fingerprint density at radius 3 is 2.27 bits per heavy atom. The molecule has 9 nitrogen and oxygen atoms in total. The monoisotopic (exact) mass is 619 g/mol. The van der Waals surface area contributed by atoms with Crippen LogP contribution in [0.25, 0.3) is 11.0 Å². The van der Waals surface area contributed by atoms with Gasteiger partial charge in [-0.05, 0) is 98.4 Å². The van der Waals surface area contributed by atoms with Crippen molar-refractivity contribution in [3.63, 3.8) is 0 Å². The molecule has 1 aromatic heterocycles. The molecule has 1 amide bonds. The summed E-state index contributed by atoms with van der Waals surface area (Å²) in [7, 11) is 0. The van der Waals surface area contributed by atoms with Gasteiger partial charge in [-0.2, -0.15) is 0 Å². The third-order valence-electron chi connectivity index (χ3n) is 7.82. The van der Waals surface area contributed by atoms with E-state index in [1.54, 1.807) is 13.8 Å². The molecule has 0 bridgehead atoms. The molecule has 4 rings (SSSR count). The molecule has 1 N–H and O–H groups in total. The average molecular weight is 620 g/mol. The van der Waals surface area contributed by atoms with Crippen LogP contribution in [0.3, 0.4) is 0 Å². The van der Waals surface area contributed by atoms with Crippen molar-refractivity contribution in [2.24, 2.45) is 10.8 Å². The van der Waals surface area contributed by atoms with Crippen molar-refractivity contribution in [3.8, 4) is 5.75 Å². The van der Waals surface area contributed by atoms with Crippen LogP contribution in [0.5, 0.6) is 5.75 Å². The second-order valence-corrected chi connectivity index (χ2v) is 13.1. The van der Waals surface area contributed by atoms with Gasteiger partial charge in [0, 0.05) is 12.5 Å². The fourth-order valence-electron chi connectivity index (χ4n) is 6.80. The molecule has 1 aliphatic rings. The van der Waals surface area contributed by atoms with Gasteiger partial charge in [-0.3, -0.25) is 0 Å². The fourth-order valence-corrected chi connectivity index (χ4v) is 6.80. The second-order valence-electron chi connectivity index (χ2n) is 13.1. The van der Waals surface area contributed by atoms with Gasteiger partial charge in [0.2, 0.25) is 5.95 Å². The quantitative estimate of drug-likeness (QED) is 0.251. The highest BCUT2D eigenvalue weighted by molar-refractivity contribution is 5.96. The number of imidazole rings is 1. The highest BCUT2D eigenvalue weighted by Gasteiger charge is 2.41. The molecule has 1 atom stereocenters. The molecule has 3 aromatic rings. The molecule has 44 heavy (non-hydrogen) atoms. The zero-order valence-electron chi connectivity index (χ0n) is 26.1. The van der Waals surface area contributed by atoms with Gasteiger partial charge >= 0.3 is 18.6 Å². The number of carbonyl (C=O) groups excluding carboxylic acids is 1. The molecule has 0 aliphatic heterocycles. The molecule has 1 saturated carbocycles. The molecule has 1 heterocycles. The van der Waals surface area contributed by atoms with Crippen LogP contribution in [-0.2, 0) is 15.9 Å². The third kappa shape index (κ3) is 7.75. The predicted molar refractivity (Wildman–Crippen MR) is 159 cm³/mol. The molecular formula is C32H40F3N3O6. The Morgan fingerprint density at radius 1 is 1.11 bits per heavy atom. The number of carboxylic acid groups (broad SMARTS) is 1. The van der Waals surface area contributed by atoms with Crippen molar-refractivity contribution in [2.75, 3.05) is 11.5 Å². The highest BCUT2D eigenvalue weighted by Crippen LogP contribution is 2.52. The molecule has 1 unspecified atom stereocenters. The van der Waals surface area contributed by atoms with Gasteiger partial charge in [-0.1, -0.05) is 27.7 Å². The molecule has 0 spiro atoms. The highest BCUT2D eigenvalue weighted by atomic mass is 19.4. The van der Waals surface area contributed by atoms with Gasteiger partial charge in [-0.25, -0.2) is 19.5 Å². The van der Waals surface area contributed by atoms with Gasteiger partial charge in [0.05, 0.1) is 23.3 Å². The van der Waals surface area contributed by atoms with E-state index in [2.05, 4.69) is 32.4 Å². The topological polar surface area (TPSA) is 103 Å². The van der Waals surface area contributed by atoms with Crippen LogP contribution in [0.2, 0.25) is 0 Å². The molecule has 2 aromatic carbocycles. The van der Waals surface area contributed by atoms with Crippen molar-refractivity contribution in [3.05, 3.63) is 47.5 Å². The van der Waals surface area contributed by atoms with Crippen molar-refractivity contribution < 1.29 is 42.1 Å². The number of fused-ring (bicyclic) bond motifs is 1. The molecule has 240 valence electrons. The number of ether oxygens (including phenoxy) is 3. The van der Waals surface area contributed by atoms with Crippen molar-refractivity contribution >= 4 is 34.9 Å². The molecule has 1 fully saturated rings. The van der Waals surface area contributed by atoms with Crippen LogP contribution in [0, 0.1) is 17.8 Å². The lowest BCUT2D eigenvalue weighted by Crippen LogP contribution is -2.37. The van der Waals surface area contributed by atoms with E-state index in [9.17, 15) is 22.8 Å². The third-order valence-corrected chi connectivity index (χ3v) is 7.82. The number of nitrogens with zero attached hydrogens (tertiary/aromatic N) is 3. The lowest BCUT2D eigenvalue weighted by molar-refractivity contribution is -0.274. The van der Waals surface area contributed by atoms with Crippen molar-refractivity contribution in [2.45, 2.75) is 92.7 Å². The zero-order chi connectivity index (χ0) is 32.6. The zero-order valence-corrected chi connectivity index (χ0v) is 26.1. The first-order valence-electron chi connectivity index (χ1n) is 14.6. The van der Waals surface area contributed by atoms with E-state index >= 15 is 0 Å². The van der Waals surface area contributed by atoms with E-state index in [1.807, 2.05) is 23.6 Å². The summed E-state index contributed by atoms with van der Waals surface area (Å²) in [6.07, 6.45) is -4.63. The maximum absolute atomic E-state index is 13.6. The van der Waals surface area contributed by atoms with E-state index in [-0.39, 0.29) is 35.1 Å². The van der Waals surface area contributed by atoms with Crippen LogP contribution in [-0.4, -0.2) is 46.0 Å². The fraction of sp³-hybridized carbons (Fsp3) is 0.531. The van der Waals surface area contributed by atoms with Gasteiger partial charge in [0.15, 0.2) is 0 Å². The summed E-state index contributed by atoms with van der Waals surface area (Å²) in [5.74, 6) is -0.153. The molecule has 0 saturated heterocycles. The predicted octanol–water partition coefficient (Wildman–Crippen LogP) is 8.94. The van der Waals surface area contributed by atoms with Gasteiger partial charge < -0.3 is 23.9 Å². The van der Waals surface area contributed by atoms with Crippen LogP contribution >= 0.6 is 0 Å². The Hall–Kier alpha value is -3.96. The van der Waals surface area contributed by atoms with E-state index in [0.29, 0.717) is 11.9 Å². The summed E-state index contributed by atoms with van der Waals surface area (Å²) in [6.45, 7) is 14.2. The summed E-state index contributed by atoms with van der Waals surface area (Å²) in [5.41, 5.74) is 3.30. The van der Waals surface area contributed by atoms with E-state index in [4.69, 9.17) is 19.6 Å². The van der Waals surface area contributed by atoms with E-state index in [0.717, 1.165) is 48.0 Å². The summed E-state index contributed by atoms with van der Waals surface area (Å²) in [4.78, 5) is 30.9. The normalized spacial score (nSPS) is 17.2. The Kier molecular flexibility index (Phi) is 9.14. The maximum atomic E-state index is 13.6. The molecule has 0 radical (unpaired) electrons. The molecular weight excluding hydrogens is 579 g/mol. The number of benzene rings is 2. The van der Waals surface area contributed by atoms with Gasteiger partial charge in [0.1, 0.15) is 11.9 Å². The van der Waals surface area contributed by atoms with Crippen LogP contribution < -0.4 is 9.64 Å². The SMILES string of the molecule is CCOC(=O)N(c1ccc(OC(F)(F)F)cc1)c1nc2cc(CC(C)OC(=O)O)c(C)cc2n1C1CC(C)(C)CC(C)(C)C1. The Labute approximate surface area is 254 Å². The van der Waals surface area contributed by atoms with Crippen molar-refractivity contribution in [1.29, 1.82) is 0 Å². The number of hydrogen-bond donors (Lipinski definition) is 1. The first-order valence-corrected chi connectivity index (χ1v) is 14.6. The van der Waals surface area contributed by atoms with Crippen LogP contribution in [0.1, 0.15) is 78.0 Å². The Balaban J connectivity index is 1.92. The first-order chi connectivity index (χ1) is 20.4. The van der Waals surface area contributed by atoms with Gasteiger partial charge in [0.25, 0.3) is 0 Å². The minimum Gasteiger partial charge on any atom is -0.450 e. The van der Waals surface area contributed by atoms with Crippen LogP contribution in [0.15, 0.2) is 36.4 Å². The van der Waals surface area contributed by atoms with E-state index < -0.39 is 30.5 Å². The number of anilines is 2. The lowest BCUT2D eigenvalue weighted by Gasteiger charge is -2.46. The summed E-state index contributed by atoms with van der Waals surface area (Å²) in [6, 6.07) is 8.78. The number of rotatable bonds is 8. The second kappa shape index (κ2) is 12.2. The molecule has 12 heteroatoms. The first kappa shape index (κ1) is 32.9. The standard InChI is InChI=1S/C32H40F3N3O6/c1-8-42-28(39)38(22-9-11-24(12-10-22)44-32(33,34)35)27-36-25-15-21(14-20(3)43-29(40)41)19(2)13-26(25)37(27)23-16-30(4,5)18-31(6,7)17-23/h9-13,15,20,23H,8,14,16-18H2,1-7H3,(H,40,41). The maximum Gasteiger partial charge on any atom is 0.573 e. The summed E-state index contributed by atoms with van der Waals surface area (Å²) in [5, 5.41) is 9.06. The van der Waals surface area contributed by atoms with Crippen molar-refractivity contribution in [1.82, 2.24) is 9.55 Å². The number of aryl methyl sites for hydroxylation is 1. The van der Waals surface area contributed by atoms with Gasteiger partial charge in [-0.15, -0.1) is 13.2 Å². The Morgan fingerprint density at radius 2 is 1.73 bits per heavy atom. The number of amides is 1. The Bertz CT molecular complexity index is 1500. The number of halogens is 3. The lowest BCUT2D eigenvalue weighted by atomic mass is 9.63.